The Kier molecular flexibility index (Phi) is 5.00. The number of benzene rings is 2. The summed E-state index contributed by atoms with van der Waals surface area (Å²) in [7, 11) is 0. The number of ether oxygens (including phenoxy) is 1. The van der Waals surface area contributed by atoms with Gasteiger partial charge >= 0.3 is 0 Å². The number of hydrogen-bond acceptors (Lipinski definition) is 2. The third-order valence-electron chi connectivity index (χ3n) is 2.71. The van der Waals surface area contributed by atoms with Crippen LogP contribution < -0.4 is 10.1 Å². The molecule has 0 amide bonds. The fraction of sp³-hybridized carbons (Fsp3) is 0.250. The van der Waals surface area contributed by atoms with Crippen LogP contribution in [0.3, 0.4) is 0 Å². The van der Waals surface area contributed by atoms with E-state index < -0.39 is 0 Å². The first kappa shape index (κ1) is 14.1. The Bertz CT molecular complexity index is 523. The van der Waals surface area contributed by atoms with Gasteiger partial charge in [-0.2, -0.15) is 0 Å². The molecule has 0 bridgehead atoms. The molecule has 0 unspecified atom stereocenters. The van der Waals surface area contributed by atoms with E-state index in [0.29, 0.717) is 6.04 Å². The first-order valence-electron chi connectivity index (χ1n) is 6.40. The highest BCUT2D eigenvalue weighted by Crippen LogP contribution is 2.26. The van der Waals surface area contributed by atoms with Gasteiger partial charge in [0.05, 0.1) is 0 Å². The predicted molar refractivity (Wildman–Crippen MR) is 82.6 cm³/mol. The summed E-state index contributed by atoms with van der Waals surface area (Å²) >= 11 is 3.42. The van der Waals surface area contributed by atoms with Crippen LogP contribution in [0, 0.1) is 0 Å². The van der Waals surface area contributed by atoms with Crippen LogP contribution in [-0.2, 0) is 6.54 Å². The number of hydrogen-bond donors (Lipinski definition) is 1. The largest absolute Gasteiger partial charge is 0.457 e. The molecular formula is C16H18BrNO. The lowest BCUT2D eigenvalue weighted by Gasteiger charge is -2.13. The van der Waals surface area contributed by atoms with Crippen molar-refractivity contribution in [3.63, 3.8) is 0 Å². The minimum Gasteiger partial charge on any atom is -0.457 e. The van der Waals surface area contributed by atoms with Crippen molar-refractivity contribution >= 4 is 15.9 Å². The Labute approximate surface area is 122 Å². The van der Waals surface area contributed by atoms with E-state index in [1.165, 1.54) is 5.56 Å². The maximum absolute atomic E-state index is 5.94. The fourth-order valence-corrected chi connectivity index (χ4v) is 1.96. The first-order valence-corrected chi connectivity index (χ1v) is 7.19. The highest BCUT2D eigenvalue weighted by molar-refractivity contribution is 9.10. The molecule has 2 rings (SSSR count). The summed E-state index contributed by atoms with van der Waals surface area (Å²) in [6, 6.07) is 16.4. The van der Waals surface area contributed by atoms with Crippen molar-refractivity contribution in [3.8, 4) is 11.5 Å². The van der Waals surface area contributed by atoms with E-state index in [1.807, 2.05) is 42.5 Å². The van der Waals surface area contributed by atoms with Gasteiger partial charge in [-0.1, -0.05) is 48.0 Å². The van der Waals surface area contributed by atoms with Gasteiger partial charge in [0.25, 0.3) is 0 Å². The van der Waals surface area contributed by atoms with Crippen molar-refractivity contribution in [1.82, 2.24) is 5.32 Å². The molecule has 19 heavy (non-hydrogen) atoms. The van der Waals surface area contributed by atoms with Crippen molar-refractivity contribution in [2.45, 2.75) is 26.4 Å². The monoisotopic (exact) mass is 319 g/mol. The Hall–Kier alpha value is -1.32. The summed E-state index contributed by atoms with van der Waals surface area (Å²) in [5, 5.41) is 3.41. The van der Waals surface area contributed by atoms with Crippen molar-refractivity contribution in [2.75, 3.05) is 0 Å². The Morgan fingerprint density at radius 1 is 1.05 bits per heavy atom. The van der Waals surface area contributed by atoms with Gasteiger partial charge in [-0.15, -0.1) is 0 Å². The minimum atomic E-state index is 0.459. The van der Waals surface area contributed by atoms with Gasteiger partial charge in [0, 0.05) is 22.6 Å². The molecular weight excluding hydrogens is 302 g/mol. The predicted octanol–water partition coefficient (Wildman–Crippen LogP) is 4.74. The van der Waals surface area contributed by atoms with Crippen LogP contribution in [0.4, 0.5) is 0 Å². The normalized spacial score (nSPS) is 10.7. The summed E-state index contributed by atoms with van der Waals surface area (Å²) in [6.07, 6.45) is 0. The third-order valence-corrected chi connectivity index (χ3v) is 3.24. The van der Waals surface area contributed by atoms with Crippen LogP contribution >= 0.6 is 15.9 Å². The lowest BCUT2D eigenvalue weighted by Crippen LogP contribution is -2.22. The molecule has 0 heterocycles. The first-order chi connectivity index (χ1) is 9.15. The highest BCUT2D eigenvalue weighted by atomic mass is 79.9. The molecule has 0 aliphatic heterocycles. The van der Waals surface area contributed by atoms with Crippen LogP contribution in [0.1, 0.15) is 19.4 Å². The number of rotatable bonds is 5. The van der Waals surface area contributed by atoms with E-state index in [4.69, 9.17) is 4.74 Å². The van der Waals surface area contributed by atoms with Crippen molar-refractivity contribution < 1.29 is 4.74 Å². The van der Waals surface area contributed by atoms with E-state index in [9.17, 15) is 0 Å². The summed E-state index contributed by atoms with van der Waals surface area (Å²) in [4.78, 5) is 0. The van der Waals surface area contributed by atoms with Crippen LogP contribution in [0.25, 0.3) is 0 Å². The zero-order chi connectivity index (χ0) is 13.7. The molecule has 2 aromatic rings. The van der Waals surface area contributed by atoms with Gasteiger partial charge in [0.1, 0.15) is 11.5 Å². The average Bonchev–Trinajstić information content (AvgIpc) is 2.40. The third kappa shape index (κ3) is 4.37. The minimum absolute atomic E-state index is 0.459. The van der Waals surface area contributed by atoms with Gasteiger partial charge in [-0.05, 0) is 30.3 Å². The molecule has 0 aliphatic carbocycles. The summed E-state index contributed by atoms with van der Waals surface area (Å²) in [6.45, 7) is 5.08. The van der Waals surface area contributed by atoms with Crippen LogP contribution in [0.15, 0.2) is 53.0 Å². The number of nitrogens with one attached hydrogen (secondary N) is 1. The van der Waals surface area contributed by atoms with E-state index in [0.717, 1.165) is 22.5 Å². The molecule has 0 saturated heterocycles. The molecule has 3 heteroatoms. The average molecular weight is 320 g/mol. The Balaban J connectivity index is 2.13. The zero-order valence-electron chi connectivity index (χ0n) is 11.2. The zero-order valence-corrected chi connectivity index (χ0v) is 12.8. The van der Waals surface area contributed by atoms with Gasteiger partial charge < -0.3 is 10.1 Å². The second kappa shape index (κ2) is 6.73. The molecule has 100 valence electrons. The van der Waals surface area contributed by atoms with E-state index >= 15 is 0 Å². The van der Waals surface area contributed by atoms with Crippen molar-refractivity contribution in [1.29, 1.82) is 0 Å². The smallest absolute Gasteiger partial charge is 0.131 e. The molecule has 0 atom stereocenters. The lowest BCUT2D eigenvalue weighted by molar-refractivity contribution is 0.469. The van der Waals surface area contributed by atoms with Crippen LogP contribution in [0.5, 0.6) is 11.5 Å². The molecule has 2 nitrogen and oxygen atoms in total. The molecule has 1 N–H and O–H groups in total. The number of para-hydroxylation sites is 1. The maximum atomic E-state index is 5.94. The standard InChI is InChI=1S/C16H18BrNO/c1-12(2)18-11-13-5-3-4-6-16(13)19-15-9-7-14(17)8-10-15/h3-10,12,18H,11H2,1-2H3. The summed E-state index contributed by atoms with van der Waals surface area (Å²) in [5.74, 6) is 1.75. The molecule has 0 aromatic heterocycles. The molecule has 0 radical (unpaired) electrons. The molecule has 0 aliphatic rings. The Morgan fingerprint density at radius 2 is 1.74 bits per heavy atom. The van der Waals surface area contributed by atoms with Gasteiger partial charge in [-0.3, -0.25) is 0 Å². The van der Waals surface area contributed by atoms with Gasteiger partial charge in [0.15, 0.2) is 0 Å². The second-order valence-corrected chi connectivity index (χ2v) is 5.61. The maximum Gasteiger partial charge on any atom is 0.131 e. The SMILES string of the molecule is CC(C)NCc1ccccc1Oc1ccc(Br)cc1. The highest BCUT2D eigenvalue weighted by Gasteiger charge is 2.05. The number of halogens is 1. The molecule has 2 aromatic carbocycles. The van der Waals surface area contributed by atoms with Crippen LogP contribution in [-0.4, -0.2) is 6.04 Å². The fourth-order valence-electron chi connectivity index (χ4n) is 1.69. The van der Waals surface area contributed by atoms with Crippen molar-refractivity contribution in [3.05, 3.63) is 58.6 Å². The molecule has 0 spiro atoms. The Morgan fingerprint density at radius 3 is 2.42 bits per heavy atom. The second-order valence-electron chi connectivity index (χ2n) is 4.70. The van der Waals surface area contributed by atoms with Gasteiger partial charge in [-0.25, -0.2) is 0 Å². The molecule has 0 saturated carbocycles. The summed E-state index contributed by atoms with van der Waals surface area (Å²) in [5.41, 5.74) is 1.17. The lowest BCUT2D eigenvalue weighted by atomic mass is 10.2. The van der Waals surface area contributed by atoms with E-state index in [-0.39, 0.29) is 0 Å². The van der Waals surface area contributed by atoms with E-state index in [1.54, 1.807) is 0 Å². The quantitative estimate of drug-likeness (QED) is 0.859. The topological polar surface area (TPSA) is 21.3 Å². The van der Waals surface area contributed by atoms with Crippen molar-refractivity contribution in [2.24, 2.45) is 0 Å². The van der Waals surface area contributed by atoms with Gasteiger partial charge in [0.2, 0.25) is 0 Å². The summed E-state index contributed by atoms with van der Waals surface area (Å²) < 4.78 is 6.99. The molecule has 0 fully saturated rings. The van der Waals surface area contributed by atoms with E-state index in [2.05, 4.69) is 41.2 Å². The van der Waals surface area contributed by atoms with Crippen LogP contribution in [0.2, 0.25) is 0 Å².